The van der Waals surface area contributed by atoms with Gasteiger partial charge in [-0.1, -0.05) is 20.8 Å². The molecule has 0 aromatic carbocycles. The molecule has 0 unspecified atom stereocenters. The lowest BCUT2D eigenvalue weighted by Crippen LogP contribution is -2.37. The molecule has 2 aromatic rings. The first-order chi connectivity index (χ1) is 11.3. The molecule has 0 aliphatic rings. The highest BCUT2D eigenvalue weighted by molar-refractivity contribution is 14.0. The molecule has 2 rings (SSSR count). The zero-order valence-electron chi connectivity index (χ0n) is 15.8. The van der Waals surface area contributed by atoms with E-state index in [2.05, 4.69) is 46.8 Å². The number of aliphatic imine (C=N–C) groups is 1. The molecule has 0 saturated carbocycles. The SMILES string of the molecule is CN=C(NCCc1nc(C(C)(C)C)cs1)NCc1nc(C)c(C)o1.I. The number of hydrogen-bond acceptors (Lipinski definition) is 5. The molecular formula is C17H28IN5OS. The zero-order chi connectivity index (χ0) is 17.7. The van der Waals surface area contributed by atoms with Crippen LogP contribution in [0.4, 0.5) is 0 Å². The minimum absolute atomic E-state index is 0. The minimum atomic E-state index is 0. The van der Waals surface area contributed by atoms with Crippen molar-refractivity contribution in [1.29, 1.82) is 0 Å². The first-order valence-corrected chi connectivity index (χ1v) is 9.00. The molecule has 0 amide bonds. The van der Waals surface area contributed by atoms with Crippen molar-refractivity contribution < 1.29 is 4.42 Å². The second kappa shape index (κ2) is 9.51. The van der Waals surface area contributed by atoms with Crippen LogP contribution in [-0.4, -0.2) is 29.5 Å². The normalized spacial score (nSPS) is 12.0. The van der Waals surface area contributed by atoms with Crippen LogP contribution < -0.4 is 10.6 Å². The van der Waals surface area contributed by atoms with Gasteiger partial charge in [0.15, 0.2) is 5.96 Å². The summed E-state index contributed by atoms with van der Waals surface area (Å²) in [5.41, 5.74) is 2.18. The first-order valence-electron chi connectivity index (χ1n) is 8.12. The Bertz CT molecular complexity index is 683. The fourth-order valence-electron chi connectivity index (χ4n) is 2.05. The second-order valence-electron chi connectivity index (χ2n) is 6.73. The van der Waals surface area contributed by atoms with E-state index in [1.807, 2.05) is 13.8 Å². The Hall–Kier alpha value is -1.16. The molecule has 0 atom stereocenters. The summed E-state index contributed by atoms with van der Waals surface area (Å²) in [6.45, 7) is 11.7. The monoisotopic (exact) mass is 477 g/mol. The predicted molar refractivity (Wildman–Crippen MR) is 114 cm³/mol. The van der Waals surface area contributed by atoms with Crippen LogP contribution in [0.2, 0.25) is 0 Å². The van der Waals surface area contributed by atoms with Crippen LogP contribution in [0.15, 0.2) is 14.8 Å². The van der Waals surface area contributed by atoms with E-state index in [9.17, 15) is 0 Å². The van der Waals surface area contributed by atoms with Gasteiger partial charge in [0, 0.05) is 30.8 Å². The van der Waals surface area contributed by atoms with Gasteiger partial charge in [-0.3, -0.25) is 4.99 Å². The summed E-state index contributed by atoms with van der Waals surface area (Å²) in [6, 6.07) is 0. The minimum Gasteiger partial charge on any atom is -0.444 e. The third-order valence-corrected chi connectivity index (χ3v) is 4.56. The molecule has 8 heteroatoms. The number of nitrogens with zero attached hydrogens (tertiary/aromatic N) is 3. The molecule has 0 fully saturated rings. The lowest BCUT2D eigenvalue weighted by molar-refractivity contribution is 0.464. The third kappa shape index (κ3) is 6.58. The maximum atomic E-state index is 5.55. The maximum Gasteiger partial charge on any atom is 0.214 e. The highest BCUT2D eigenvalue weighted by Crippen LogP contribution is 2.23. The largest absolute Gasteiger partial charge is 0.444 e. The van der Waals surface area contributed by atoms with E-state index < -0.39 is 0 Å². The number of aromatic nitrogens is 2. The van der Waals surface area contributed by atoms with Crippen molar-refractivity contribution in [3.63, 3.8) is 0 Å². The van der Waals surface area contributed by atoms with Gasteiger partial charge < -0.3 is 15.1 Å². The van der Waals surface area contributed by atoms with Crippen LogP contribution in [0.1, 0.15) is 48.8 Å². The molecule has 0 aliphatic heterocycles. The molecule has 2 aromatic heterocycles. The Morgan fingerprint density at radius 2 is 1.96 bits per heavy atom. The molecule has 0 spiro atoms. The van der Waals surface area contributed by atoms with Gasteiger partial charge in [0.25, 0.3) is 0 Å². The molecule has 0 saturated heterocycles. The summed E-state index contributed by atoms with van der Waals surface area (Å²) in [6.07, 6.45) is 0.874. The lowest BCUT2D eigenvalue weighted by Gasteiger charge is -2.14. The second-order valence-corrected chi connectivity index (χ2v) is 7.67. The summed E-state index contributed by atoms with van der Waals surface area (Å²) in [4.78, 5) is 13.3. The van der Waals surface area contributed by atoms with Crippen LogP contribution in [0.25, 0.3) is 0 Å². The Balaban J connectivity index is 0.00000312. The Morgan fingerprint density at radius 3 is 2.48 bits per heavy atom. The van der Waals surface area contributed by atoms with E-state index in [-0.39, 0.29) is 29.4 Å². The molecule has 140 valence electrons. The average molecular weight is 477 g/mol. The molecule has 0 radical (unpaired) electrons. The molecule has 0 aliphatic carbocycles. The van der Waals surface area contributed by atoms with Gasteiger partial charge in [-0.2, -0.15) is 0 Å². The number of halogens is 1. The van der Waals surface area contributed by atoms with Crippen molar-refractivity contribution in [2.24, 2.45) is 4.99 Å². The summed E-state index contributed by atoms with van der Waals surface area (Å²) in [7, 11) is 1.75. The van der Waals surface area contributed by atoms with Crippen LogP contribution in [0.5, 0.6) is 0 Å². The van der Waals surface area contributed by atoms with E-state index in [0.29, 0.717) is 12.4 Å². The number of rotatable bonds is 5. The van der Waals surface area contributed by atoms with Gasteiger partial charge in [0.1, 0.15) is 5.76 Å². The highest BCUT2D eigenvalue weighted by Gasteiger charge is 2.17. The quantitative estimate of drug-likeness (QED) is 0.391. The number of guanidine groups is 1. The third-order valence-electron chi connectivity index (χ3n) is 3.65. The van der Waals surface area contributed by atoms with Gasteiger partial charge in [-0.25, -0.2) is 9.97 Å². The molecular weight excluding hydrogens is 449 g/mol. The molecule has 0 bridgehead atoms. The van der Waals surface area contributed by atoms with Crippen LogP contribution in [-0.2, 0) is 18.4 Å². The van der Waals surface area contributed by atoms with E-state index in [1.54, 1.807) is 18.4 Å². The molecule has 2 heterocycles. The summed E-state index contributed by atoms with van der Waals surface area (Å²) >= 11 is 1.71. The van der Waals surface area contributed by atoms with Gasteiger partial charge in [-0.05, 0) is 13.8 Å². The predicted octanol–water partition coefficient (Wildman–Crippen LogP) is 3.57. The zero-order valence-corrected chi connectivity index (χ0v) is 18.9. The Labute approximate surface area is 171 Å². The maximum absolute atomic E-state index is 5.55. The average Bonchev–Trinajstić information content (AvgIpc) is 3.10. The topological polar surface area (TPSA) is 75.3 Å². The summed E-state index contributed by atoms with van der Waals surface area (Å²) in [5.74, 6) is 2.26. The van der Waals surface area contributed by atoms with E-state index >= 15 is 0 Å². The van der Waals surface area contributed by atoms with Gasteiger partial charge in [0.2, 0.25) is 5.89 Å². The van der Waals surface area contributed by atoms with Crippen molar-refractivity contribution in [3.05, 3.63) is 33.4 Å². The van der Waals surface area contributed by atoms with Gasteiger partial charge in [-0.15, -0.1) is 35.3 Å². The van der Waals surface area contributed by atoms with Crippen molar-refractivity contribution in [3.8, 4) is 0 Å². The van der Waals surface area contributed by atoms with Crippen molar-refractivity contribution in [1.82, 2.24) is 20.6 Å². The summed E-state index contributed by atoms with van der Waals surface area (Å²) < 4.78 is 5.55. The number of oxazole rings is 1. The molecule has 6 nitrogen and oxygen atoms in total. The Morgan fingerprint density at radius 1 is 1.24 bits per heavy atom. The van der Waals surface area contributed by atoms with Crippen LogP contribution >= 0.6 is 35.3 Å². The number of hydrogen-bond donors (Lipinski definition) is 2. The van der Waals surface area contributed by atoms with Crippen molar-refractivity contribution in [2.75, 3.05) is 13.6 Å². The first kappa shape index (κ1) is 21.9. The van der Waals surface area contributed by atoms with Crippen molar-refractivity contribution in [2.45, 2.75) is 53.0 Å². The molecule has 25 heavy (non-hydrogen) atoms. The summed E-state index contributed by atoms with van der Waals surface area (Å²) in [5, 5.41) is 9.79. The van der Waals surface area contributed by atoms with Gasteiger partial charge >= 0.3 is 0 Å². The van der Waals surface area contributed by atoms with E-state index in [1.165, 1.54) is 0 Å². The van der Waals surface area contributed by atoms with Gasteiger partial charge in [0.05, 0.1) is 22.9 Å². The Kier molecular flexibility index (Phi) is 8.33. The van der Waals surface area contributed by atoms with Crippen LogP contribution in [0.3, 0.4) is 0 Å². The molecule has 2 N–H and O–H groups in total. The standard InChI is InChI=1S/C17H27N5OS.HI/c1-11-12(2)23-14(21-11)9-20-16(18-6)19-8-7-15-22-13(10-24-15)17(3,4)5;/h10H,7-9H2,1-6H3,(H2,18,19,20);1H. The number of nitrogens with one attached hydrogen (secondary N) is 2. The van der Waals surface area contributed by atoms with E-state index in [0.717, 1.165) is 41.1 Å². The van der Waals surface area contributed by atoms with Crippen molar-refractivity contribution >= 4 is 41.3 Å². The number of thiazole rings is 1. The fraction of sp³-hybridized carbons (Fsp3) is 0.588. The van der Waals surface area contributed by atoms with Crippen LogP contribution in [0, 0.1) is 13.8 Å². The van der Waals surface area contributed by atoms with E-state index in [4.69, 9.17) is 9.40 Å². The fourth-order valence-corrected chi connectivity index (χ4v) is 3.08. The number of aryl methyl sites for hydroxylation is 2. The smallest absolute Gasteiger partial charge is 0.214 e. The lowest BCUT2D eigenvalue weighted by atomic mass is 9.93. The highest BCUT2D eigenvalue weighted by atomic mass is 127.